The summed E-state index contributed by atoms with van der Waals surface area (Å²) in [6.45, 7) is 3.44. The lowest BCUT2D eigenvalue weighted by Gasteiger charge is -2.20. The second-order valence-electron chi connectivity index (χ2n) is 5.37. The average molecular weight is 292 g/mol. The van der Waals surface area contributed by atoms with Crippen LogP contribution in [0.1, 0.15) is 23.6 Å². The molecule has 0 aromatic heterocycles. The first-order valence-corrected chi connectivity index (χ1v) is 6.87. The molecule has 0 saturated heterocycles. The minimum absolute atomic E-state index is 0.180. The van der Waals surface area contributed by atoms with Crippen molar-refractivity contribution in [3.05, 3.63) is 34.9 Å². The second kappa shape index (κ2) is 6.58. The fourth-order valence-corrected chi connectivity index (χ4v) is 2.22. The number of carbonyl (C=O) groups excluding carboxylic acids is 1. The first-order chi connectivity index (χ1) is 9.97. The van der Waals surface area contributed by atoms with Crippen molar-refractivity contribution in [2.45, 2.75) is 26.7 Å². The van der Waals surface area contributed by atoms with E-state index in [1.54, 1.807) is 14.0 Å². The van der Waals surface area contributed by atoms with E-state index in [9.17, 15) is 9.59 Å². The van der Waals surface area contributed by atoms with Gasteiger partial charge in [0, 0.05) is 20.1 Å². The van der Waals surface area contributed by atoms with Gasteiger partial charge in [0.2, 0.25) is 0 Å². The highest BCUT2D eigenvalue weighted by Gasteiger charge is 2.17. The average Bonchev–Trinajstić information content (AvgIpc) is 2.91. The van der Waals surface area contributed by atoms with Crippen LogP contribution in [-0.2, 0) is 29.3 Å². The SMILES string of the molecule is CC(CN(C)C(=O)NCc1ccc2c(c1)COC2)C(=O)O. The number of nitrogens with one attached hydrogen (secondary N) is 1. The standard InChI is InChI=1S/C15H20N2O4/c1-10(14(18)19)7-17(2)15(20)16-6-11-3-4-12-8-21-9-13(12)5-11/h3-5,10H,6-9H2,1-2H3,(H,16,20)(H,18,19). The quantitative estimate of drug-likeness (QED) is 0.863. The summed E-state index contributed by atoms with van der Waals surface area (Å²) in [6, 6.07) is 5.73. The second-order valence-corrected chi connectivity index (χ2v) is 5.37. The van der Waals surface area contributed by atoms with Crippen molar-refractivity contribution in [2.24, 2.45) is 5.92 Å². The van der Waals surface area contributed by atoms with Crippen LogP contribution in [0.3, 0.4) is 0 Å². The lowest BCUT2D eigenvalue weighted by molar-refractivity contribution is -0.141. The van der Waals surface area contributed by atoms with Crippen LogP contribution in [0.2, 0.25) is 0 Å². The first-order valence-electron chi connectivity index (χ1n) is 6.87. The largest absolute Gasteiger partial charge is 0.481 e. The number of carboxylic acids is 1. The Morgan fingerprint density at radius 3 is 2.81 bits per heavy atom. The maximum atomic E-state index is 11.9. The summed E-state index contributed by atoms with van der Waals surface area (Å²) in [5.74, 6) is -1.49. The zero-order valence-electron chi connectivity index (χ0n) is 12.3. The van der Waals surface area contributed by atoms with Crippen LogP contribution in [0.4, 0.5) is 4.79 Å². The van der Waals surface area contributed by atoms with Crippen LogP contribution in [0.15, 0.2) is 18.2 Å². The molecule has 1 unspecified atom stereocenters. The summed E-state index contributed by atoms with van der Waals surface area (Å²) >= 11 is 0. The molecule has 1 atom stereocenters. The fraction of sp³-hybridized carbons (Fsp3) is 0.467. The Kier molecular flexibility index (Phi) is 4.80. The summed E-state index contributed by atoms with van der Waals surface area (Å²) in [6.07, 6.45) is 0. The van der Waals surface area contributed by atoms with Gasteiger partial charge in [0.15, 0.2) is 0 Å². The van der Waals surface area contributed by atoms with Crippen molar-refractivity contribution in [3.8, 4) is 0 Å². The fourth-order valence-electron chi connectivity index (χ4n) is 2.22. The number of benzene rings is 1. The highest BCUT2D eigenvalue weighted by atomic mass is 16.5. The lowest BCUT2D eigenvalue weighted by Crippen LogP contribution is -2.40. The number of carboxylic acid groups (broad SMARTS) is 1. The molecule has 1 aliphatic rings. The minimum atomic E-state index is -0.909. The van der Waals surface area contributed by atoms with Gasteiger partial charge < -0.3 is 20.1 Å². The van der Waals surface area contributed by atoms with Gasteiger partial charge in [-0.15, -0.1) is 0 Å². The molecule has 0 aliphatic carbocycles. The number of rotatable bonds is 5. The third-order valence-corrected chi connectivity index (χ3v) is 3.55. The minimum Gasteiger partial charge on any atom is -0.481 e. The van der Waals surface area contributed by atoms with Crippen molar-refractivity contribution >= 4 is 12.0 Å². The molecule has 0 fully saturated rings. The van der Waals surface area contributed by atoms with E-state index in [1.165, 1.54) is 10.5 Å². The molecule has 0 saturated carbocycles. The van der Waals surface area contributed by atoms with Gasteiger partial charge in [0.1, 0.15) is 0 Å². The molecule has 0 bridgehead atoms. The first kappa shape index (κ1) is 15.3. The van der Waals surface area contributed by atoms with Gasteiger partial charge in [0.05, 0.1) is 19.1 Å². The maximum absolute atomic E-state index is 11.9. The Morgan fingerprint density at radius 2 is 2.10 bits per heavy atom. The van der Waals surface area contributed by atoms with Crippen molar-refractivity contribution < 1.29 is 19.4 Å². The van der Waals surface area contributed by atoms with Gasteiger partial charge >= 0.3 is 12.0 Å². The molecule has 2 amide bonds. The van der Waals surface area contributed by atoms with Crippen molar-refractivity contribution in [2.75, 3.05) is 13.6 Å². The number of urea groups is 1. The number of hydrogen-bond acceptors (Lipinski definition) is 3. The van der Waals surface area contributed by atoms with Crippen LogP contribution < -0.4 is 5.32 Å². The normalized spacial score (nSPS) is 14.4. The monoisotopic (exact) mass is 292 g/mol. The van der Waals surface area contributed by atoms with Crippen LogP contribution in [-0.4, -0.2) is 35.6 Å². The summed E-state index contributed by atoms with van der Waals surface area (Å²) in [5, 5.41) is 11.6. The summed E-state index contributed by atoms with van der Waals surface area (Å²) in [5.41, 5.74) is 3.36. The lowest BCUT2D eigenvalue weighted by atomic mass is 10.1. The van der Waals surface area contributed by atoms with E-state index in [0.717, 1.165) is 11.1 Å². The molecule has 0 spiro atoms. The topological polar surface area (TPSA) is 78.9 Å². The molecule has 6 nitrogen and oxygen atoms in total. The van der Waals surface area contributed by atoms with Gasteiger partial charge in [-0.25, -0.2) is 4.79 Å². The highest BCUT2D eigenvalue weighted by molar-refractivity contribution is 5.75. The molecule has 6 heteroatoms. The number of carbonyl (C=O) groups is 2. The number of amides is 2. The molecule has 1 aromatic carbocycles. The highest BCUT2D eigenvalue weighted by Crippen LogP contribution is 2.20. The summed E-state index contributed by atoms with van der Waals surface area (Å²) in [4.78, 5) is 24.1. The molecule has 1 aromatic rings. The molecule has 2 rings (SSSR count). The molecule has 1 heterocycles. The predicted molar refractivity (Wildman–Crippen MR) is 76.6 cm³/mol. The summed E-state index contributed by atoms with van der Waals surface area (Å²) in [7, 11) is 1.59. The van der Waals surface area contributed by atoms with Gasteiger partial charge in [-0.05, 0) is 16.7 Å². The maximum Gasteiger partial charge on any atom is 0.317 e. The van der Waals surface area contributed by atoms with E-state index in [4.69, 9.17) is 9.84 Å². The third-order valence-electron chi connectivity index (χ3n) is 3.55. The zero-order chi connectivity index (χ0) is 15.4. The molecule has 0 radical (unpaired) electrons. The molecule has 2 N–H and O–H groups in total. The number of nitrogens with zero attached hydrogens (tertiary/aromatic N) is 1. The van der Waals surface area contributed by atoms with Crippen molar-refractivity contribution in [1.29, 1.82) is 0 Å². The van der Waals surface area contributed by atoms with Gasteiger partial charge in [-0.2, -0.15) is 0 Å². The third kappa shape index (κ3) is 3.95. The van der Waals surface area contributed by atoms with Crippen LogP contribution >= 0.6 is 0 Å². The molecule has 21 heavy (non-hydrogen) atoms. The Balaban J connectivity index is 1.85. The van der Waals surface area contributed by atoms with E-state index in [0.29, 0.717) is 19.8 Å². The van der Waals surface area contributed by atoms with Gasteiger partial charge in [-0.3, -0.25) is 4.79 Å². The van der Waals surface area contributed by atoms with E-state index in [-0.39, 0.29) is 12.6 Å². The van der Waals surface area contributed by atoms with Crippen LogP contribution in [0.25, 0.3) is 0 Å². The number of ether oxygens (including phenoxy) is 1. The van der Waals surface area contributed by atoms with Crippen LogP contribution in [0.5, 0.6) is 0 Å². The van der Waals surface area contributed by atoms with E-state index in [1.807, 2.05) is 18.2 Å². The zero-order valence-corrected chi connectivity index (χ0v) is 12.3. The van der Waals surface area contributed by atoms with E-state index < -0.39 is 11.9 Å². The van der Waals surface area contributed by atoms with E-state index in [2.05, 4.69) is 5.32 Å². The van der Waals surface area contributed by atoms with Gasteiger partial charge in [0.25, 0.3) is 0 Å². The molecular formula is C15H20N2O4. The summed E-state index contributed by atoms with van der Waals surface area (Å²) < 4.78 is 5.35. The number of fused-ring (bicyclic) bond motifs is 1. The Bertz CT molecular complexity index is 544. The Morgan fingerprint density at radius 1 is 1.38 bits per heavy atom. The Hall–Kier alpha value is -2.08. The molecule has 114 valence electrons. The van der Waals surface area contributed by atoms with E-state index >= 15 is 0 Å². The van der Waals surface area contributed by atoms with Crippen LogP contribution in [0, 0.1) is 5.92 Å². The Labute approximate surface area is 123 Å². The van der Waals surface area contributed by atoms with Crippen molar-refractivity contribution in [1.82, 2.24) is 10.2 Å². The number of hydrogen-bond donors (Lipinski definition) is 2. The predicted octanol–water partition coefficient (Wildman–Crippen LogP) is 1.58. The molecule has 1 aliphatic heterocycles. The number of aliphatic carboxylic acids is 1. The van der Waals surface area contributed by atoms with Crippen molar-refractivity contribution in [3.63, 3.8) is 0 Å². The van der Waals surface area contributed by atoms with Gasteiger partial charge in [-0.1, -0.05) is 25.1 Å². The molecular weight excluding hydrogens is 272 g/mol. The smallest absolute Gasteiger partial charge is 0.317 e.